The molecule has 3 rings (SSSR count). The fourth-order valence-corrected chi connectivity index (χ4v) is 11.4. The summed E-state index contributed by atoms with van der Waals surface area (Å²) in [5, 5.41) is 6.43. The summed E-state index contributed by atoms with van der Waals surface area (Å²) in [7, 11) is -9.27. The second-order valence-electron chi connectivity index (χ2n) is 10.3. The van der Waals surface area contributed by atoms with Crippen molar-refractivity contribution in [1.82, 2.24) is 9.13 Å². The van der Waals surface area contributed by atoms with Gasteiger partial charge in [0.05, 0.1) is 0 Å². The maximum atomic E-state index is 10.7. The van der Waals surface area contributed by atoms with Crippen LogP contribution in [0.1, 0.15) is 79.1 Å². The van der Waals surface area contributed by atoms with Crippen LogP contribution < -0.4 is 18.6 Å². The zero-order valence-electron chi connectivity index (χ0n) is 27.5. The summed E-state index contributed by atoms with van der Waals surface area (Å²) >= 11 is 1.03. The summed E-state index contributed by atoms with van der Waals surface area (Å²) in [5.74, 6) is 4.83. The van der Waals surface area contributed by atoms with Crippen LogP contribution in [-0.4, -0.2) is 76.0 Å². The van der Waals surface area contributed by atoms with Crippen LogP contribution in [-0.2, 0) is 46.4 Å². The molecule has 0 aliphatic heterocycles. The zero-order valence-corrected chi connectivity index (χ0v) is 34.4. The summed E-state index contributed by atoms with van der Waals surface area (Å²) in [4.78, 5) is 0. The Bertz CT molecular complexity index is 1510. The molecule has 48 heavy (non-hydrogen) atoms. The average Bonchev–Trinajstić information content (AvgIpc) is 3.43. The van der Waals surface area contributed by atoms with Gasteiger partial charge in [-0.3, -0.25) is 0 Å². The standard InChI is InChI=1S/C24H42N4P2Se2.2CHF3O3S/c1-7-11-15-25-19-20(26(16-12-8-2)23(25)31-5)30-22-21(29-19)27(17-13-9-3)24(32-6)28(22)18-14-10-4;2*2-1(3,4)8(5,6)7/h7-18H2,1-6H3;2*(H,5,6,7)/q+2;;/p-2. The number of imidazole rings is 2. The predicted octanol–water partition coefficient (Wildman–Crippen LogP) is 5.39. The quantitative estimate of drug-likeness (QED) is 0.0702. The van der Waals surface area contributed by atoms with Crippen molar-refractivity contribution in [1.29, 1.82) is 0 Å². The van der Waals surface area contributed by atoms with E-state index in [0.29, 0.717) is 29.9 Å². The normalized spacial score (nSPS) is 13.0. The van der Waals surface area contributed by atoms with Crippen LogP contribution in [0, 0.1) is 0 Å². The number of unbranched alkanes of at least 4 members (excludes halogenated alkanes) is 4. The third-order valence-corrected chi connectivity index (χ3v) is 14.2. The van der Waals surface area contributed by atoms with Gasteiger partial charge in [-0.15, -0.1) is 0 Å². The molecule has 0 atom stereocenters. The van der Waals surface area contributed by atoms with Gasteiger partial charge in [-0.25, -0.2) is 16.8 Å². The van der Waals surface area contributed by atoms with E-state index in [2.05, 4.69) is 57.6 Å². The van der Waals surface area contributed by atoms with Crippen LogP contribution in [0.3, 0.4) is 0 Å². The summed E-state index contributed by atoms with van der Waals surface area (Å²) in [6.07, 6.45) is 10.2. The molecule has 0 aromatic carbocycles. The van der Waals surface area contributed by atoms with Crippen LogP contribution >= 0.6 is 16.4 Å². The fourth-order valence-electron chi connectivity index (χ4n) is 4.29. The van der Waals surface area contributed by atoms with Gasteiger partial charge in [0.1, 0.15) is 0 Å². The molecule has 3 aromatic heterocycles. The molecule has 0 unspecified atom stereocenters. The van der Waals surface area contributed by atoms with Crippen molar-refractivity contribution in [3.63, 3.8) is 0 Å². The molecule has 0 fully saturated rings. The molecule has 0 radical (unpaired) electrons. The van der Waals surface area contributed by atoms with Gasteiger partial charge < -0.3 is 9.11 Å². The molecule has 0 bridgehead atoms. The van der Waals surface area contributed by atoms with Crippen LogP contribution in [0.4, 0.5) is 26.3 Å². The number of aryl methyl sites for hydroxylation is 4. The van der Waals surface area contributed by atoms with Gasteiger partial charge in [-0.2, -0.15) is 26.3 Å². The van der Waals surface area contributed by atoms with Gasteiger partial charge in [0.2, 0.25) is 0 Å². The molecule has 0 aliphatic carbocycles. The molecule has 0 aliphatic rings. The Morgan fingerprint density at radius 2 is 0.917 bits per heavy atom. The van der Waals surface area contributed by atoms with Crippen molar-refractivity contribution in [2.24, 2.45) is 0 Å². The summed E-state index contributed by atoms with van der Waals surface area (Å²) in [5.41, 5.74) is -11.3. The van der Waals surface area contributed by atoms with Crippen molar-refractivity contribution >= 4 is 97.0 Å². The minimum absolute atomic E-state index is 0.516. The minimum Gasteiger partial charge on any atom is -0.741 e. The number of halogens is 6. The number of aromatic nitrogens is 4. The average molecular weight is 905 g/mol. The summed E-state index contributed by atoms with van der Waals surface area (Å²) < 4.78 is 132. The van der Waals surface area contributed by atoms with Gasteiger partial charge in [-0.1, -0.05) is 0 Å². The molecule has 278 valence electrons. The predicted molar refractivity (Wildman–Crippen MR) is 176 cm³/mol. The second kappa shape index (κ2) is 19.9. The number of hydrogen-bond acceptors (Lipinski definition) is 6. The Morgan fingerprint density at radius 3 is 1.15 bits per heavy atom. The SMILES string of the molecule is CCCCn1c([Se]C)[n+](CCCC)c2pc3c(pc21)n(CCCC)c([Se]C)[n+]3CCCC.O=S(=O)([O-])C(F)(F)F.O=S(=O)([O-])C(F)(F)F. The molecule has 0 spiro atoms. The van der Waals surface area contributed by atoms with E-state index in [1.54, 1.807) is 30.4 Å². The summed E-state index contributed by atoms with van der Waals surface area (Å²) in [6.45, 7) is 14.1. The zero-order chi connectivity index (χ0) is 37.1. The maximum absolute atomic E-state index is 10.7. The molecule has 0 N–H and O–H groups in total. The Kier molecular flexibility index (Phi) is 18.9. The van der Waals surface area contributed by atoms with Crippen molar-refractivity contribution in [2.45, 2.75) is 128 Å². The number of hydrogen-bond donors (Lipinski definition) is 0. The van der Waals surface area contributed by atoms with Crippen molar-refractivity contribution in [2.75, 3.05) is 0 Å². The Labute approximate surface area is 294 Å². The molecule has 3 aromatic rings. The van der Waals surface area contributed by atoms with Gasteiger partial charge in [-0.05, 0) is 0 Å². The molecular formula is C26H42F6N4O6P2S2Se2. The third kappa shape index (κ3) is 12.3. The molecule has 3 heterocycles. The second-order valence-corrected chi connectivity index (χ2v) is 18.4. The molecule has 10 nitrogen and oxygen atoms in total. The van der Waals surface area contributed by atoms with Crippen molar-refractivity contribution in [3.05, 3.63) is 0 Å². The van der Waals surface area contributed by atoms with Gasteiger partial charge in [0.15, 0.2) is 20.2 Å². The number of nitrogens with zero attached hydrogens (tertiary/aromatic N) is 4. The van der Waals surface area contributed by atoms with Crippen LogP contribution in [0.2, 0.25) is 11.6 Å². The van der Waals surface area contributed by atoms with E-state index in [4.69, 9.17) is 25.9 Å². The van der Waals surface area contributed by atoms with Crippen molar-refractivity contribution in [3.8, 4) is 0 Å². The van der Waals surface area contributed by atoms with Crippen molar-refractivity contribution < 1.29 is 61.4 Å². The van der Waals surface area contributed by atoms with E-state index in [1.807, 2.05) is 0 Å². The largest absolute Gasteiger partial charge is 0.741 e. The molecule has 22 heteroatoms. The van der Waals surface area contributed by atoms with E-state index in [-0.39, 0.29) is 0 Å². The Hall–Kier alpha value is -0.541. The third-order valence-electron chi connectivity index (χ3n) is 6.64. The number of fused-ring (bicyclic) bond motifs is 2. The first-order valence-corrected chi connectivity index (χ1v) is 24.8. The first kappa shape index (κ1) is 45.5. The molecule has 0 amide bonds. The maximum Gasteiger partial charge on any atom is 0.485 e. The topological polar surface area (TPSA) is 132 Å². The van der Waals surface area contributed by atoms with E-state index in [9.17, 15) is 26.3 Å². The number of rotatable bonds is 14. The Balaban J connectivity index is 0.000000594. The summed E-state index contributed by atoms with van der Waals surface area (Å²) in [6, 6.07) is 0. The van der Waals surface area contributed by atoms with Crippen LogP contribution in [0.5, 0.6) is 0 Å². The Morgan fingerprint density at radius 1 is 0.625 bits per heavy atom. The van der Waals surface area contributed by atoms with E-state index < -0.39 is 31.3 Å². The van der Waals surface area contributed by atoms with Gasteiger partial charge >= 0.3 is 223 Å². The van der Waals surface area contributed by atoms with Gasteiger partial charge in [0, 0.05) is 0 Å². The van der Waals surface area contributed by atoms with Gasteiger partial charge in [0.25, 0.3) is 0 Å². The fraction of sp³-hybridized carbons (Fsp3) is 0.769. The first-order chi connectivity index (χ1) is 22.2. The van der Waals surface area contributed by atoms with E-state index in [1.165, 1.54) is 93.9 Å². The van der Waals surface area contributed by atoms with E-state index >= 15 is 0 Å². The smallest absolute Gasteiger partial charge is 0.485 e. The molecule has 0 saturated carbocycles. The first-order valence-electron chi connectivity index (χ1n) is 15.0. The van der Waals surface area contributed by atoms with Crippen LogP contribution in [0.25, 0.3) is 21.0 Å². The minimum atomic E-state index is -6.09. The molecular weight excluding hydrogens is 862 g/mol. The van der Waals surface area contributed by atoms with Crippen LogP contribution in [0.15, 0.2) is 0 Å². The molecule has 0 saturated heterocycles. The monoisotopic (exact) mass is 906 g/mol. The number of alkyl halides is 6. The van der Waals surface area contributed by atoms with E-state index in [0.717, 1.165) is 0 Å².